The van der Waals surface area contributed by atoms with E-state index in [2.05, 4.69) is 21.0 Å². The summed E-state index contributed by atoms with van der Waals surface area (Å²) in [7, 11) is 0. The molecule has 2 aromatic heterocycles. The first kappa shape index (κ1) is 14.2. The van der Waals surface area contributed by atoms with Gasteiger partial charge in [0.2, 0.25) is 0 Å². The van der Waals surface area contributed by atoms with E-state index in [1.165, 1.54) is 4.70 Å². The molecule has 1 aliphatic heterocycles. The third kappa shape index (κ3) is 2.57. The lowest BCUT2D eigenvalue weighted by Crippen LogP contribution is -2.53. The topological polar surface area (TPSA) is 60.3 Å². The first-order valence-corrected chi connectivity index (χ1v) is 8.39. The van der Waals surface area contributed by atoms with E-state index in [4.69, 9.17) is 4.74 Å². The zero-order valence-electron chi connectivity index (χ0n) is 12.7. The molecule has 0 aliphatic carbocycles. The first-order chi connectivity index (χ1) is 11.2. The minimum Gasteiger partial charge on any atom is -0.454 e. The average Bonchev–Trinajstić information content (AvgIpc) is 3.15. The number of hydrogen-bond donors (Lipinski definition) is 0. The van der Waals surface area contributed by atoms with E-state index in [9.17, 15) is 4.79 Å². The Bertz CT molecular complexity index is 818. The van der Waals surface area contributed by atoms with Crippen LogP contribution in [0.25, 0.3) is 10.2 Å². The summed E-state index contributed by atoms with van der Waals surface area (Å²) in [4.78, 5) is 18.9. The number of esters is 1. The molecule has 0 saturated carbocycles. The number of aromatic nitrogens is 3. The lowest BCUT2D eigenvalue weighted by atomic mass is 10.2. The Labute approximate surface area is 137 Å². The van der Waals surface area contributed by atoms with Crippen LogP contribution in [0.15, 0.2) is 36.5 Å². The summed E-state index contributed by atoms with van der Waals surface area (Å²) < 4.78 is 8.36. The molecule has 0 spiro atoms. The number of carbonyl (C=O) groups is 1. The number of benzene rings is 1. The van der Waals surface area contributed by atoms with E-state index in [1.54, 1.807) is 28.3 Å². The number of hydrogen-bond acceptors (Lipinski definition) is 6. The van der Waals surface area contributed by atoms with E-state index >= 15 is 0 Å². The number of ether oxygens (including phenoxy) is 1. The van der Waals surface area contributed by atoms with Crippen molar-refractivity contribution in [2.75, 3.05) is 18.0 Å². The molecule has 0 bridgehead atoms. The average molecular weight is 328 g/mol. The number of fused-ring (bicyclic) bond motifs is 1. The predicted octanol–water partition coefficient (Wildman–Crippen LogP) is 2.56. The van der Waals surface area contributed by atoms with Gasteiger partial charge in [-0.3, -0.25) is 4.68 Å². The van der Waals surface area contributed by atoms with Gasteiger partial charge in [0.15, 0.2) is 5.13 Å². The number of aryl methyl sites for hydroxylation is 1. The molecule has 0 radical (unpaired) electrons. The van der Waals surface area contributed by atoms with Gasteiger partial charge in [-0.1, -0.05) is 23.5 Å². The minimum atomic E-state index is -0.307. The first-order valence-electron chi connectivity index (χ1n) is 7.58. The molecule has 0 N–H and O–H groups in total. The van der Waals surface area contributed by atoms with E-state index < -0.39 is 0 Å². The standard InChI is InChI=1S/C16H16N4O2S/c1-2-20-13(7-8-17-20)15(21)22-11-9-19(10-11)16-18-12-5-3-4-6-14(12)23-16/h3-8,11H,2,9-10H2,1H3. The fraction of sp³-hybridized carbons (Fsp3) is 0.312. The van der Waals surface area contributed by atoms with Crippen LogP contribution in [0.1, 0.15) is 17.4 Å². The summed E-state index contributed by atoms with van der Waals surface area (Å²) in [5.74, 6) is -0.307. The Morgan fingerprint density at radius 3 is 2.96 bits per heavy atom. The number of para-hydroxylation sites is 1. The highest BCUT2D eigenvalue weighted by Crippen LogP contribution is 2.31. The Hall–Kier alpha value is -2.41. The van der Waals surface area contributed by atoms with Crippen LogP contribution in [-0.4, -0.2) is 39.9 Å². The number of nitrogens with zero attached hydrogens (tertiary/aromatic N) is 4. The van der Waals surface area contributed by atoms with Gasteiger partial charge < -0.3 is 9.64 Å². The summed E-state index contributed by atoms with van der Waals surface area (Å²) in [6.45, 7) is 3.97. The molecule has 7 heteroatoms. The highest BCUT2D eigenvalue weighted by Gasteiger charge is 2.32. The van der Waals surface area contributed by atoms with Crippen LogP contribution >= 0.6 is 11.3 Å². The van der Waals surface area contributed by atoms with Crippen molar-refractivity contribution in [2.24, 2.45) is 0 Å². The van der Waals surface area contributed by atoms with Crippen molar-refractivity contribution in [1.29, 1.82) is 0 Å². The van der Waals surface area contributed by atoms with Gasteiger partial charge in [0.05, 0.1) is 23.3 Å². The van der Waals surface area contributed by atoms with Gasteiger partial charge in [0.1, 0.15) is 11.8 Å². The smallest absolute Gasteiger partial charge is 0.356 e. The Balaban J connectivity index is 1.39. The van der Waals surface area contributed by atoms with E-state index in [1.807, 2.05) is 25.1 Å². The molecule has 1 fully saturated rings. The number of anilines is 1. The Morgan fingerprint density at radius 1 is 1.35 bits per heavy atom. The van der Waals surface area contributed by atoms with E-state index in [0.717, 1.165) is 10.6 Å². The molecule has 3 heterocycles. The van der Waals surface area contributed by atoms with Crippen LogP contribution < -0.4 is 4.90 Å². The van der Waals surface area contributed by atoms with Gasteiger partial charge in [-0.25, -0.2) is 9.78 Å². The second-order valence-electron chi connectivity index (χ2n) is 5.43. The van der Waals surface area contributed by atoms with E-state index in [0.29, 0.717) is 25.3 Å². The molecular formula is C16H16N4O2S. The highest BCUT2D eigenvalue weighted by atomic mass is 32.1. The van der Waals surface area contributed by atoms with Crippen molar-refractivity contribution in [1.82, 2.24) is 14.8 Å². The molecule has 0 atom stereocenters. The fourth-order valence-corrected chi connectivity index (χ4v) is 3.62. The van der Waals surface area contributed by atoms with E-state index in [-0.39, 0.29) is 12.1 Å². The van der Waals surface area contributed by atoms with Crippen molar-refractivity contribution >= 4 is 32.7 Å². The molecule has 0 unspecified atom stereocenters. The molecule has 23 heavy (non-hydrogen) atoms. The second kappa shape index (κ2) is 5.66. The predicted molar refractivity (Wildman–Crippen MR) is 88.9 cm³/mol. The Morgan fingerprint density at radius 2 is 2.17 bits per heavy atom. The van der Waals surface area contributed by atoms with Crippen LogP contribution in [0.3, 0.4) is 0 Å². The largest absolute Gasteiger partial charge is 0.454 e. The van der Waals surface area contributed by atoms with Crippen molar-refractivity contribution in [3.63, 3.8) is 0 Å². The van der Waals surface area contributed by atoms with Crippen LogP contribution in [0.4, 0.5) is 5.13 Å². The third-order valence-corrected chi connectivity index (χ3v) is 5.00. The number of rotatable bonds is 4. The van der Waals surface area contributed by atoms with Crippen molar-refractivity contribution in [3.8, 4) is 0 Å². The van der Waals surface area contributed by atoms with Gasteiger partial charge in [-0.2, -0.15) is 5.10 Å². The highest BCUT2D eigenvalue weighted by molar-refractivity contribution is 7.22. The van der Waals surface area contributed by atoms with Crippen LogP contribution in [0.5, 0.6) is 0 Å². The maximum absolute atomic E-state index is 12.2. The lowest BCUT2D eigenvalue weighted by molar-refractivity contribution is 0.0220. The van der Waals surface area contributed by atoms with Crippen LogP contribution in [0.2, 0.25) is 0 Å². The van der Waals surface area contributed by atoms with Gasteiger partial charge in [-0.15, -0.1) is 0 Å². The molecule has 1 saturated heterocycles. The maximum Gasteiger partial charge on any atom is 0.356 e. The molecule has 1 aromatic carbocycles. The van der Waals surface area contributed by atoms with Gasteiger partial charge in [0, 0.05) is 12.7 Å². The van der Waals surface area contributed by atoms with Crippen LogP contribution in [-0.2, 0) is 11.3 Å². The van der Waals surface area contributed by atoms with Gasteiger partial charge in [0.25, 0.3) is 0 Å². The molecular weight excluding hydrogens is 312 g/mol. The van der Waals surface area contributed by atoms with Crippen LogP contribution in [0, 0.1) is 0 Å². The normalized spacial score (nSPS) is 14.9. The molecule has 6 nitrogen and oxygen atoms in total. The van der Waals surface area contributed by atoms with Crippen molar-refractivity contribution in [3.05, 3.63) is 42.2 Å². The summed E-state index contributed by atoms with van der Waals surface area (Å²) >= 11 is 1.67. The fourth-order valence-electron chi connectivity index (χ4n) is 2.63. The lowest BCUT2D eigenvalue weighted by Gasteiger charge is -2.38. The molecule has 3 aromatic rings. The SMILES string of the molecule is CCn1nccc1C(=O)OC1CN(c2nc3ccccc3s2)C1. The van der Waals surface area contributed by atoms with Crippen molar-refractivity contribution in [2.45, 2.75) is 19.6 Å². The summed E-state index contributed by atoms with van der Waals surface area (Å²) in [6, 6.07) is 9.78. The summed E-state index contributed by atoms with van der Waals surface area (Å²) in [5.41, 5.74) is 1.52. The zero-order valence-corrected chi connectivity index (χ0v) is 13.5. The summed E-state index contributed by atoms with van der Waals surface area (Å²) in [6.07, 6.45) is 1.53. The molecule has 0 amide bonds. The van der Waals surface area contributed by atoms with Crippen molar-refractivity contribution < 1.29 is 9.53 Å². The maximum atomic E-state index is 12.2. The second-order valence-corrected chi connectivity index (χ2v) is 6.44. The van der Waals surface area contributed by atoms with Gasteiger partial charge >= 0.3 is 5.97 Å². The molecule has 1 aliphatic rings. The quantitative estimate of drug-likeness (QED) is 0.689. The Kier molecular flexibility index (Phi) is 3.49. The van der Waals surface area contributed by atoms with Gasteiger partial charge in [-0.05, 0) is 25.1 Å². The zero-order chi connectivity index (χ0) is 15.8. The number of carbonyl (C=O) groups excluding carboxylic acids is 1. The number of thiazole rings is 1. The monoisotopic (exact) mass is 328 g/mol. The summed E-state index contributed by atoms with van der Waals surface area (Å²) in [5, 5.41) is 5.07. The molecule has 118 valence electrons. The third-order valence-electron chi connectivity index (χ3n) is 3.90. The molecule has 4 rings (SSSR count). The minimum absolute atomic E-state index is 0.0882.